The highest BCUT2D eigenvalue weighted by molar-refractivity contribution is 5.75. The maximum atomic E-state index is 11.7. The van der Waals surface area contributed by atoms with Crippen LogP contribution in [0.1, 0.15) is 39.0 Å². The maximum Gasteiger partial charge on any atom is 0.309 e. The molecule has 0 heterocycles. The van der Waals surface area contributed by atoms with Gasteiger partial charge in [0.2, 0.25) is 0 Å². The van der Waals surface area contributed by atoms with Gasteiger partial charge in [-0.05, 0) is 31.6 Å². The van der Waals surface area contributed by atoms with Crippen molar-refractivity contribution in [3.8, 4) is 0 Å². The predicted octanol–water partition coefficient (Wildman–Crippen LogP) is 2.14. The van der Waals surface area contributed by atoms with Crippen molar-refractivity contribution in [2.24, 2.45) is 11.8 Å². The fraction of sp³-hybridized carbons (Fsp3) is 0.917. The van der Waals surface area contributed by atoms with Crippen molar-refractivity contribution in [1.82, 2.24) is 0 Å². The van der Waals surface area contributed by atoms with E-state index < -0.39 is 0 Å². The van der Waals surface area contributed by atoms with Crippen LogP contribution in [0.3, 0.4) is 0 Å². The number of ether oxygens (including phenoxy) is 2. The van der Waals surface area contributed by atoms with E-state index in [1.807, 2.05) is 0 Å². The zero-order chi connectivity index (χ0) is 10.8. The lowest BCUT2D eigenvalue weighted by atomic mass is 9.94. The van der Waals surface area contributed by atoms with Gasteiger partial charge in [-0.3, -0.25) is 4.79 Å². The number of rotatable bonds is 3. The van der Waals surface area contributed by atoms with E-state index >= 15 is 0 Å². The minimum Gasteiger partial charge on any atom is -0.459 e. The van der Waals surface area contributed by atoms with E-state index in [-0.39, 0.29) is 24.1 Å². The highest BCUT2D eigenvalue weighted by Gasteiger charge is 2.42. The minimum absolute atomic E-state index is 0.00329. The number of esters is 1. The molecule has 0 amide bonds. The Hall–Kier alpha value is -0.570. The van der Waals surface area contributed by atoms with E-state index in [9.17, 15) is 4.79 Å². The molecular weight excluding hydrogens is 192 g/mol. The molecule has 0 radical (unpaired) electrons. The molecule has 2 rings (SSSR count). The molecule has 4 atom stereocenters. The van der Waals surface area contributed by atoms with Crippen LogP contribution in [0.25, 0.3) is 0 Å². The van der Waals surface area contributed by atoms with Crippen molar-refractivity contribution in [3.63, 3.8) is 0 Å². The van der Waals surface area contributed by atoms with Gasteiger partial charge >= 0.3 is 5.97 Å². The zero-order valence-corrected chi connectivity index (χ0v) is 9.57. The Morgan fingerprint density at radius 2 is 1.80 bits per heavy atom. The van der Waals surface area contributed by atoms with Gasteiger partial charge in [-0.2, -0.15) is 0 Å². The molecule has 2 aliphatic rings. The first-order valence-corrected chi connectivity index (χ1v) is 5.95. The minimum atomic E-state index is -0.00329. The average molecular weight is 212 g/mol. The van der Waals surface area contributed by atoms with Crippen molar-refractivity contribution in [2.45, 2.75) is 51.2 Å². The van der Waals surface area contributed by atoms with Crippen LogP contribution in [0.4, 0.5) is 0 Å². The fourth-order valence-corrected chi connectivity index (χ4v) is 2.35. The second-order valence-electron chi connectivity index (χ2n) is 4.85. The molecule has 3 heteroatoms. The lowest BCUT2D eigenvalue weighted by Gasteiger charge is -2.30. The SMILES string of the molecule is COC1CCCCC1OC(=O)C1CC1C. The van der Waals surface area contributed by atoms with E-state index in [0.29, 0.717) is 5.92 Å². The highest BCUT2D eigenvalue weighted by atomic mass is 16.6. The Balaban J connectivity index is 1.83. The molecule has 86 valence electrons. The Kier molecular flexibility index (Phi) is 3.29. The Morgan fingerprint density at radius 3 is 2.33 bits per heavy atom. The quantitative estimate of drug-likeness (QED) is 0.672. The largest absolute Gasteiger partial charge is 0.459 e. The van der Waals surface area contributed by atoms with Crippen LogP contribution >= 0.6 is 0 Å². The van der Waals surface area contributed by atoms with Crippen molar-refractivity contribution in [3.05, 3.63) is 0 Å². The number of methoxy groups -OCH3 is 1. The molecule has 0 bridgehead atoms. The van der Waals surface area contributed by atoms with E-state index in [1.54, 1.807) is 7.11 Å². The topological polar surface area (TPSA) is 35.5 Å². The predicted molar refractivity (Wildman–Crippen MR) is 56.4 cm³/mol. The van der Waals surface area contributed by atoms with Crippen LogP contribution in [0.2, 0.25) is 0 Å². The molecule has 0 aromatic heterocycles. The third kappa shape index (κ3) is 2.51. The maximum absolute atomic E-state index is 11.7. The summed E-state index contributed by atoms with van der Waals surface area (Å²) in [5.41, 5.74) is 0. The van der Waals surface area contributed by atoms with E-state index in [2.05, 4.69) is 6.92 Å². The van der Waals surface area contributed by atoms with Gasteiger partial charge in [-0.25, -0.2) is 0 Å². The van der Waals surface area contributed by atoms with Gasteiger partial charge in [0.1, 0.15) is 6.10 Å². The fourth-order valence-electron chi connectivity index (χ4n) is 2.35. The highest BCUT2D eigenvalue weighted by Crippen LogP contribution is 2.39. The zero-order valence-electron chi connectivity index (χ0n) is 9.57. The van der Waals surface area contributed by atoms with Crippen LogP contribution in [-0.4, -0.2) is 25.3 Å². The van der Waals surface area contributed by atoms with Crippen LogP contribution in [-0.2, 0) is 14.3 Å². The third-order valence-corrected chi connectivity index (χ3v) is 3.62. The molecule has 2 fully saturated rings. The molecular formula is C12H20O3. The van der Waals surface area contributed by atoms with E-state index in [1.165, 1.54) is 6.42 Å². The average Bonchev–Trinajstić information content (AvgIpc) is 2.96. The summed E-state index contributed by atoms with van der Waals surface area (Å²) in [7, 11) is 1.70. The summed E-state index contributed by atoms with van der Waals surface area (Å²) in [5, 5.41) is 0. The summed E-state index contributed by atoms with van der Waals surface area (Å²) < 4.78 is 10.9. The molecule has 4 unspecified atom stereocenters. The van der Waals surface area contributed by atoms with Gasteiger partial charge in [-0.1, -0.05) is 13.3 Å². The second kappa shape index (κ2) is 4.52. The van der Waals surface area contributed by atoms with E-state index in [4.69, 9.17) is 9.47 Å². The van der Waals surface area contributed by atoms with E-state index in [0.717, 1.165) is 25.7 Å². The van der Waals surface area contributed by atoms with Crippen LogP contribution < -0.4 is 0 Å². The number of hydrogen-bond donors (Lipinski definition) is 0. The normalized spacial score (nSPS) is 39.9. The summed E-state index contributed by atoms with van der Waals surface area (Å²) in [6, 6.07) is 0. The molecule has 2 saturated carbocycles. The summed E-state index contributed by atoms with van der Waals surface area (Å²) >= 11 is 0. The van der Waals surface area contributed by atoms with Gasteiger partial charge in [-0.15, -0.1) is 0 Å². The van der Waals surface area contributed by atoms with Crippen molar-refractivity contribution in [2.75, 3.05) is 7.11 Å². The second-order valence-corrected chi connectivity index (χ2v) is 4.85. The summed E-state index contributed by atoms with van der Waals surface area (Å²) in [6.45, 7) is 2.10. The molecule has 0 saturated heterocycles. The van der Waals surface area contributed by atoms with Crippen molar-refractivity contribution < 1.29 is 14.3 Å². The van der Waals surface area contributed by atoms with Crippen molar-refractivity contribution in [1.29, 1.82) is 0 Å². The first-order chi connectivity index (χ1) is 7.22. The number of hydrogen-bond acceptors (Lipinski definition) is 3. The first-order valence-electron chi connectivity index (χ1n) is 5.95. The van der Waals surface area contributed by atoms with Crippen molar-refractivity contribution >= 4 is 5.97 Å². The lowest BCUT2D eigenvalue weighted by molar-refractivity contribution is -0.161. The molecule has 0 spiro atoms. The van der Waals surface area contributed by atoms with Crippen LogP contribution in [0.15, 0.2) is 0 Å². The van der Waals surface area contributed by atoms with Gasteiger partial charge in [0.25, 0.3) is 0 Å². The molecule has 0 N–H and O–H groups in total. The van der Waals surface area contributed by atoms with Crippen LogP contribution in [0.5, 0.6) is 0 Å². The summed E-state index contributed by atoms with van der Waals surface area (Å²) in [5.74, 6) is 0.697. The molecule has 2 aliphatic carbocycles. The smallest absolute Gasteiger partial charge is 0.309 e. The molecule has 0 aromatic carbocycles. The Bertz CT molecular complexity index is 239. The number of carbonyl (C=O) groups excluding carboxylic acids is 1. The standard InChI is InChI=1S/C12H20O3/c1-8-7-9(8)12(13)15-11-6-4-3-5-10(11)14-2/h8-11H,3-7H2,1-2H3. The van der Waals surface area contributed by atoms with Crippen LogP contribution in [0, 0.1) is 11.8 Å². The third-order valence-electron chi connectivity index (χ3n) is 3.62. The summed E-state index contributed by atoms with van der Waals surface area (Å²) in [4.78, 5) is 11.7. The summed E-state index contributed by atoms with van der Waals surface area (Å²) in [6.07, 6.45) is 5.45. The van der Waals surface area contributed by atoms with Gasteiger partial charge in [0.15, 0.2) is 0 Å². The molecule has 0 aliphatic heterocycles. The Morgan fingerprint density at radius 1 is 1.20 bits per heavy atom. The van der Waals surface area contributed by atoms with Gasteiger partial charge in [0.05, 0.1) is 12.0 Å². The van der Waals surface area contributed by atoms with Gasteiger partial charge < -0.3 is 9.47 Å². The Labute approximate surface area is 91.1 Å². The first kappa shape index (κ1) is 10.9. The number of carbonyl (C=O) groups is 1. The lowest BCUT2D eigenvalue weighted by Crippen LogP contribution is -2.36. The molecule has 0 aromatic rings. The monoisotopic (exact) mass is 212 g/mol. The molecule has 3 nitrogen and oxygen atoms in total. The van der Waals surface area contributed by atoms with Gasteiger partial charge in [0, 0.05) is 7.11 Å². The molecule has 15 heavy (non-hydrogen) atoms.